The van der Waals surface area contributed by atoms with Crippen LogP contribution in [0, 0.1) is 18.6 Å². The summed E-state index contributed by atoms with van der Waals surface area (Å²) in [6, 6.07) is 11.3. The summed E-state index contributed by atoms with van der Waals surface area (Å²) in [6.07, 6.45) is 4.44. The number of benzene rings is 2. The molecule has 0 radical (unpaired) electrons. The van der Waals surface area contributed by atoms with Gasteiger partial charge in [-0.3, -0.25) is 0 Å². The van der Waals surface area contributed by atoms with E-state index in [1.165, 1.54) is 29.2 Å². The van der Waals surface area contributed by atoms with E-state index in [-0.39, 0.29) is 11.7 Å². The summed E-state index contributed by atoms with van der Waals surface area (Å²) in [6.45, 7) is 2.51. The Labute approximate surface area is 177 Å². The Morgan fingerprint density at radius 1 is 1.03 bits per heavy atom. The number of hydrogen-bond donors (Lipinski definition) is 1. The molecule has 1 N–H and O–H groups in total. The van der Waals surface area contributed by atoms with Gasteiger partial charge in [0, 0.05) is 18.2 Å². The van der Waals surface area contributed by atoms with Crippen molar-refractivity contribution in [3.63, 3.8) is 0 Å². The van der Waals surface area contributed by atoms with Gasteiger partial charge in [-0.05, 0) is 55.7 Å². The Kier molecular flexibility index (Phi) is 4.93. The van der Waals surface area contributed by atoms with Crippen LogP contribution in [0.15, 0.2) is 48.8 Å². The Morgan fingerprint density at radius 3 is 2.61 bits per heavy atom. The van der Waals surface area contributed by atoms with Crippen molar-refractivity contribution >= 4 is 11.6 Å². The second-order valence-electron chi connectivity index (χ2n) is 7.64. The third-order valence-corrected chi connectivity index (χ3v) is 5.45. The number of anilines is 2. The van der Waals surface area contributed by atoms with Crippen molar-refractivity contribution in [2.75, 3.05) is 5.32 Å². The van der Waals surface area contributed by atoms with Gasteiger partial charge in [0.05, 0.1) is 0 Å². The highest BCUT2D eigenvalue weighted by molar-refractivity contribution is 5.56. The van der Waals surface area contributed by atoms with Gasteiger partial charge >= 0.3 is 0 Å². The average molecular weight is 421 g/mol. The maximum Gasteiger partial charge on any atom is 0.246 e. The molecule has 5 rings (SSSR count). The van der Waals surface area contributed by atoms with E-state index >= 15 is 0 Å². The van der Waals surface area contributed by atoms with Crippen LogP contribution in [-0.4, -0.2) is 29.5 Å². The van der Waals surface area contributed by atoms with E-state index in [4.69, 9.17) is 4.98 Å². The van der Waals surface area contributed by atoms with Gasteiger partial charge in [0.1, 0.15) is 29.5 Å². The molecule has 0 bridgehead atoms. The van der Waals surface area contributed by atoms with Crippen LogP contribution in [0.2, 0.25) is 0 Å². The summed E-state index contributed by atoms with van der Waals surface area (Å²) in [4.78, 5) is 8.73. The highest BCUT2D eigenvalue weighted by Crippen LogP contribution is 2.32. The largest absolute Gasteiger partial charge is 0.323 e. The zero-order valence-corrected chi connectivity index (χ0v) is 17.0. The maximum absolute atomic E-state index is 14.6. The van der Waals surface area contributed by atoms with Crippen LogP contribution in [0.25, 0.3) is 5.69 Å². The zero-order valence-electron chi connectivity index (χ0n) is 17.0. The number of rotatable bonds is 4. The molecule has 0 aliphatic carbocycles. The second-order valence-corrected chi connectivity index (χ2v) is 7.64. The third kappa shape index (κ3) is 3.90. The first kappa shape index (κ1) is 19.3. The fourth-order valence-electron chi connectivity index (χ4n) is 3.94. The minimum atomic E-state index is -0.431. The first-order valence-corrected chi connectivity index (χ1v) is 10.2. The lowest BCUT2D eigenvalue weighted by Gasteiger charge is -2.14. The quantitative estimate of drug-likeness (QED) is 0.525. The number of halogens is 2. The minimum absolute atomic E-state index is 0.0424. The monoisotopic (exact) mass is 421 g/mol. The van der Waals surface area contributed by atoms with E-state index in [2.05, 4.69) is 20.5 Å². The molecule has 7 nitrogen and oxygen atoms in total. The van der Waals surface area contributed by atoms with Gasteiger partial charge in [-0.25, -0.2) is 23.1 Å². The van der Waals surface area contributed by atoms with E-state index in [1.54, 1.807) is 31.2 Å². The number of hydrogen-bond acceptors (Lipinski definition) is 5. The summed E-state index contributed by atoms with van der Waals surface area (Å²) in [5.41, 5.74) is 1.87. The van der Waals surface area contributed by atoms with Gasteiger partial charge in [-0.1, -0.05) is 18.6 Å². The molecule has 0 amide bonds. The number of fused-ring (bicyclic) bond motifs is 1. The number of nitrogens with zero attached hydrogens (tertiary/aromatic N) is 6. The molecule has 4 aromatic rings. The maximum atomic E-state index is 14.6. The lowest BCUT2D eigenvalue weighted by molar-refractivity contribution is 0.576. The third-order valence-electron chi connectivity index (χ3n) is 5.45. The molecule has 1 aliphatic rings. The molecular weight excluding hydrogens is 400 g/mol. The first-order valence-electron chi connectivity index (χ1n) is 10.2. The molecule has 3 heterocycles. The van der Waals surface area contributed by atoms with Gasteiger partial charge in [-0.15, -0.1) is 5.10 Å². The fourth-order valence-corrected chi connectivity index (χ4v) is 3.94. The van der Waals surface area contributed by atoms with Crippen molar-refractivity contribution in [2.24, 2.45) is 0 Å². The molecule has 1 aliphatic heterocycles. The molecule has 2 aromatic carbocycles. The Morgan fingerprint density at radius 2 is 1.87 bits per heavy atom. The molecule has 2 aromatic heterocycles. The van der Waals surface area contributed by atoms with E-state index in [0.717, 1.165) is 37.2 Å². The van der Waals surface area contributed by atoms with Crippen LogP contribution in [0.4, 0.5) is 20.4 Å². The summed E-state index contributed by atoms with van der Waals surface area (Å²) in [5.74, 6) is 1.17. The fraction of sp³-hybridized carbons (Fsp3) is 0.273. The molecule has 0 spiro atoms. The summed E-state index contributed by atoms with van der Waals surface area (Å²) in [5, 5.41) is 11.8. The van der Waals surface area contributed by atoms with E-state index in [1.807, 2.05) is 4.68 Å². The van der Waals surface area contributed by atoms with Crippen molar-refractivity contribution in [3.8, 4) is 5.69 Å². The molecule has 1 atom stereocenters. The van der Waals surface area contributed by atoms with Crippen LogP contribution >= 0.6 is 0 Å². The topological polar surface area (TPSA) is 73.5 Å². The van der Waals surface area contributed by atoms with Crippen LogP contribution in [-0.2, 0) is 6.54 Å². The Balaban J connectivity index is 1.41. The molecular formula is C22H21F2N7. The molecule has 31 heavy (non-hydrogen) atoms. The number of nitrogens with one attached hydrogen (secondary N) is 1. The predicted molar refractivity (Wildman–Crippen MR) is 111 cm³/mol. The first-order chi connectivity index (χ1) is 15.1. The lowest BCUT2D eigenvalue weighted by Crippen LogP contribution is -2.08. The van der Waals surface area contributed by atoms with Gasteiger partial charge in [-0.2, -0.15) is 10.1 Å². The van der Waals surface area contributed by atoms with Gasteiger partial charge in [0.25, 0.3) is 0 Å². The summed E-state index contributed by atoms with van der Waals surface area (Å²) >= 11 is 0. The van der Waals surface area contributed by atoms with Crippen LogP contribution < -0.4 is 5.32 Å². The standard InChI is InChI=1S/C22H21F2N7/c1-14-25-13-31(28-14)20-10-9-17(12-19(20)24)26-22-27-21-18(4-2-3-11-30(21)29-22)15-5-7-16(23)8-6-15/h5-10,12-13,18H,2-4,11H2,1H3,(H,26,29)/t18-/m0/s1. The molecule has 0 unspecified atom stereocenters. The van der Waals surface area contributed by atoms with E-state index in [9.17, 15) is 8.78 Å². The molecule has 158 valence electrons. The van der Waals surface area contributed by atoms with Crippen LogP contribution in [0.3, 0.4) is 0 Å². The smallest absolute Gasteiger partial charge is 0.246 e. The van der Waals surface area contributed by atoms with Crippen LogP contribution in [0.5, 0.6) is 0 Å². The zero-order chi connectivity index (χ0) is 21.4. The molecule has 0 saturated heterocycles. The average Bonchev–Trinajstić information content (AvgIpc) is 3.30. The van der Waals surface area contributed by atoms with E-state index < -0.39 is 5.82 Å². The van der Waals surface area contributed by atoms with Gasteiger partial charge in [0.15, 0.2) is 5.82 Å². The Bertz CT molecular complexity index is 1210. The predicted octanol–water partition coefficient (Wildman–Crippen LogP) is 4.50. The normalized spacial score (nSPS) is 16.0. The summed E-state index contributed by atoms with van der Waals surface area (Å²) < 4.78 is 31.3. The van der Waals surface area contributed by atoms with Gasteiger partial charge in [0.2, 0.25) is 5.95 Å². The summed E-state index contributed by atoms with van der Waals surface area (Å²) in [7, 11) is 0. The Hall–Kier alpha value is -3.62. The molecule has 0 fully saturated rings. The SMILES string of the molecule is Cc1ncn(-c2ccc(Nc3nc4n(n3)CCCC[C@H]4c3ccc(F)cc3)cc2F)n1. The van der Waals surface area contributed by atoms with Crippen molar-refractivity contribution < 1.29 is 8.78 Å². The van der Waals surface area contributed by atoms with Crippen molar-refractivity contribution in [1.29, 1.82) is 0 Å². The molecule has 9 heteroatoms. The van der Waals surface area contributed by atoms with Crippen LogP contribution in [0.1, 0.15) is 42.4 Å². The van der Waals surface area contributed by atoms with E-state index in [0.29, 0.717) is 23.1 Å². The van der Waals surface area contributed by atoms with Crippen molar-refractivity contribution in [3.05, 3.63) is 77.6 Å². The highest BCUT2D eigenvalue weighted by Gasteiger charge is 2.24. The number of aryl methyl sites for hydroxylation is 2. The minimum Gasteiger partial charge on any atom is -0.323 e. The molecule has 0 saturated carbocycles. The second kappa shape index (κ2) is 7.90. The number of aromatic nitrogens is 6. The lowest BCUT2D eigenvalue weighted by atomic mass is 9.93. The van der Waals surface area contributed by atoms with Crippen molar-refractivity contribution in [2.45, 2.75) is 38.6 Å². The van der Waals surface area contributed by atoms with Gasteiger partial charge < -0.3 is 5.32 Å². The van der Waals surface area contributed by atoms with Crippen molar-refractivity contribution in [1.82, 2.24) is 29.5 Å². The highest BCUT2D eigenvalue weighted by atomic mass is 19.1.